The largest absolute Gasteiger partial charge is 0.454 e. The highest BCUT2D eigenvalue weighted by molar-refractivity contribution is 7.91. The molecule has 2 aromatic carbocycles. The molecule has 36 heavy (non-hydrogen) atoms. The Bertz CT molecular complexity index is 1620. The van der Waals surface area contributed by atoms with Crippen molar-refractivity contribution in [2.75, 3.05) is 24.7 Å². The number of carbonyl (C=O) groups is 1. The third kappa shape index (κ3) is 4.94. The van der Waals surface area contributed by atoms with Gasteiger partial charge in [-0.1, -0.05) is 24.3 Å². The van der Waals surface area contributed by atoms with E-state index >= 15 is 0 Å². The van der Waals surface area contributed by atoms with Gasteiger partial charge in [0.25, 0.3) is 0 Å². The maximum absolute atomic E-state index is 13.0. The lowest BCUT2D eigenvalue weighted by Crippen LogP contribution is -2.41. The number of para-hydroxylation sites is 1. The normalized spacial score (nSPS) is 15.8. The summed E-state index contributed by atoms with van der Waals surface area (Å²) < 4.78 is 56.9. The van der Waals surface area contributed by atoms with Crippen LogP contribution in [0.1, 0.15) is 12.8 Å². The molecule has 0 bridgehead atoms. The number of nitrogens with zero attached hydrogens (tertiary/aromatic N) is 2. The third-order valence-electron chi connectivity index (χ3n) is 6.11. The molecule has 12 heteroatoms. The van der Waals surface area contributed by atoms with Crippen LogP contribution in [-0.2, 0) is 24.7 Å². The van der Waals surface area contributed by atoms with Crippen molar-refractivity contribution in [1.82, 2.24) is 9.29 Å². The number of carbonyl (C=O) groups excluding carboxylic acids is 1. The Hall–Kier alpha value is -3.06. The highest BCUT2D eigenvalue weighted by Gasteiger charge is 2.33. The van der Waals surface area contributed by atoms with E-state index in [0.717, 1.165) is 17.2 Å². The summed E-state index contributed by atoms with van der Waals surface area (Å²) in [7, 11) is -7.41. The molecular formula is C24H23N3O6S3. The number of nitrogens with one attached hydrogen (secondary N) is 1. The fourth-order valence-electron chi connectivity index (χ4n) is 4.13. The molecule has 4 aromatic rings. The van der Waals surface area contributed by atoms with Gasteiger partial charge in [0.15, 0.2) is 20.7 Å². The number of thiazole rings is 1. The summed E-state index contributed by atoms with van der Waals surface area (Å²) in [5, 5.41) is 6.07. The molecule has 0 spiro atoms. The third-order valence-corrected chi connectivity index (χ3v) is 9.87. The number of hydrogen-bond donors (Lipinski definition) is 1. The van der Waals surface area contributed by atoms with Gasteiger partial charge in [-0.2, -0.15) is 4.31 Å². The minimum atomic E-state index is -3.87. The average molecular weight is 546 g/mol. The Morgan fingerprint density at radius 3 is 2.47 bits per heavy atom. The lowest BCUT2D eigenvalue weighted by molar-refractivity contribution is -0.120. The smallest absolute Gasteiger partial charge is 0.243 e. The van der Waals surface area contributed by atoms with Crippen molar-refractivity contribution in [3.05, 3.63) is 60.0 Å². The van der Waals surface area contributed by atoms with Gasteiger partial charge >= 0.3 is 0 Å². The molecule has 1 N–H and O–H groups in total. The standard InChI is InChI=1S/C24H23N3O6S3/c1-35(29,30)18-6-4-7-19(14-18)36(31,32)27-11-9-16(10-12-27)23(28)26-24-25-20(15-34-24)22-13-17-5-2-3-8-21(17)33-22/h2-8,13-16H,9-12H2,1H3,(H,25,26,28). The first-order valence-corrected chi connectivity index (χ1v) is 15.4. The molecule has 1 aliphatic rings. The Morgan fingerprint density at radius 1 is 1.03 bits per heavy atom. The number of amides is 1. The topological polar surface area (TPSA) is 127 Å². The monoisotopic (exact) mass is 545 g/mol. The molecule has 1 saturated heterocycles. The van der Waals surface area contributed by atoms with Crippen molar-refractivity contribution in [3.8, 4) is 11.5 Å². The predicted molar refractivity (Wildman–Crippen MR) is 137 cm³/mol. The Balaban J connectivity index is 1.22. The quantitative estimate of drug-likeness (QED) is 0.388. The van der Waals surface area contributed by atoms with Crippen LogP contribution < -0.4 is 5.32 Å². The molecule has 0 saturated carbocycles. The van der Waals surface area contributed by atoms with Gasteiger partial charge in [-0.15, -0.1) is 11.3 Å². The zero-order chi connectivity index (χ0) is 25.5. The summed E-state index contributed by atoms with van der Waals surface area (Å²) in [5.41, 5.74) is 1.39. The summed E-state index contributed by atoms with van der Waals surface area (Å²) in [6.07, 6.45) is 1.72. The molecule has 1 fully saturated rings. The summed E-state index contributed by atoms with van der Waals surface area (Å²) >= 11 is 1.29. The molecule has 9 nitrogen and oxygen atoms in total. The number of furan rings is 1. The van der Waals surface area contributed by atoms with E-state index in [0.29, 0.717) is 29.4 Å². The van der Waals surface area contributed by atoms with Crippen LogP contribution in [0.5, 0.6) is 0 Å². The maximum Gasteiger partial charge on any atom is 0.243 e. The Kier molecular flexibility index (Phi) is 6.45. The Morgan fingerprint density at radius 2 is 1.75 bits per heavy atom. The molecule has 1 aliphatic heterocycles. The van der Waals surface area contributed by atoms with Gasteiger partial charge in [-0.05, 0) is 43.2 Å². The van der Waals surface area contributed by atoms with Gasteiger partial charge in [0.05, 0.1) is 9.79 Å². The number of benzene rings is 2. The first-order chi connectivity index (χ1) is 17.1. The number of piperidine rings is 1. The molecule has 5 rings (SSSR count). The van der Waals surface area contributed by atoms with Crippen LogP contribution >= 0.6 is 11.3 Å². The predicted octanol–water partition coefficient (Wildman–Crippen LogP) is 4.00. The van der Waals surface area contributed by atoms with Crippen molar-refractivity contribution in [2.45, 2.75) is 22.6 Å². The van der Waals surface area contributed by atoms with Gasteiger partial charge < -0.3 is 9.73 Å². The van der Waals surface area contributed by atoms with Gasteiger partial charge in [0, 0.05) is 36.0 Å². The van der Waals surface area contributed by atoms with Gasteiger partial charge in [-0.3, -0.25) is 4.79 Å². The van der Waals surface area contributed by atoms with Crippen LogP contribution in [0, 0.1) is 5.92 Å². The minimum absolute atomic E-state index is 0.0525. The van der Waals surface area contributed by atoms with Gasteiger partial charge in [0.1, 0.15) is 11.3 Å². The molecule has 2 aromatic heterocycles. The average Bonchev–Trinajstić information content (AvgIpc) is 3.50. The molecule has 0 atom stereocenters. The first kappa shape index (κ1) is 24.6. The number of sulfone groups is 1. The number of fused-ring (bicyclic) bond motifs is 1. The molecule has 0 radical (unpaired) electrons. The molecular weight excluding hydrogens is 522 g/mol. The number of hydrogen-bond acceptors (Lipinski definition) is 8. The SMILES string of the molecule is CS(=O)(=O)c1cccc(S(=O)(=O)N2CCC(C(=O)Nc3nc(-c4cc5ccccc5o4)cs3)CC2)c1. The van der Waals surface area contributed by atoms with E-state index in [1.165, 1.54) is 39.9 Å². The summed E-state index contributed by atoms with van der Waals surface area (Å²) in [5.74, 6) is 0.0420. The van der Waals surface area contributed by atoms with Crippen LogP contribution in [0.2, 0.25) is 0 Å². The zero-order valence-corrected chi connectivity index (χ0v) is 21.7. The van der Waals surface area contributed by atoms with Crippen LogP contribution in [0.4, 0.5) is 5.13 Å². The number of sulfonamides is 1. The fourth-order valence-corrected chi connectivity index (χ4v) is 7.09. The van der Waals surface area contributed by atoms with Crippen molar-refractivity contribution < 1.29 is 26.0 Å². The second-order valence-electron chi connectivity index (χ2n) is 8.60. The van der Waals surface area contributed by atoms with E-state index in [1.54, 1.807) is 0 Å². The second-order valence-corrected chi connectivity index (χ2v) is 13.4. The molecule has 3 heterocycles. The highest BCUT2D eigenvalue weighted by atomic mass is 32.2. The van der Waals surface area contributed by atoms with Gasteiger partial charge in [0.2, 0.25) is 15.9 Å². The number of rotatable bonds is 6. The second kappa shape index (κ2) is 9.43. The molecule has 0 unspecified atom stereocenters. The lowest BCUT2D eigenvalue weighted by Gasteiger charge is -2.30. The van der Waals surface area contributed by atoms with Crippen LogP contribution in [0.25, 0.3) is 22.4 Å². The van der Waals surface area contributed by atoms with Crippen LogP contribution in [-0.4, -0.2) is 51.4 Å². The molecule has 188 valence electrons. The molecule has 1 amide bonds. The maximum atomic E-state index is 13.0. The van der Waals surface area contributed by atoms with E-state index in [1.807, 2.05) is 35.7 Å². The highest BCUT2D eigenvalue weighted by Crippen LogP contribution is 2.31. The van der Waals surface area contributed by atoms with Crippen LogP contribution in [0.15, 0.2) is 74.2 Å². The summed E-state index contributed by atoms with van der Waals surface area (Å²) in [6, 6.07) is 14.9. The Labute approximate surface area is 212 Å². The van der Waals surface area contributed by atoms with E-state index in [4.69, 9.17) is 4.42 Å². The van der Waals surface area contributed by atoms with Crippen LogP contribution in [0.3, 0.4) is 0 Å². The van der Waals surface area contributed by atoms with Crippen molar-refractivity contribution in [3.63, 3.8) is 0 Å². The fraction of sp³-hybridized carbons (Fsp3) is 0.250. The van der Waals surface area contributed by atoms with E-state index in [-0.39, 0.29) is 34.7 Å². The lowest BCUT2D eigenvalue weighted by atomic mass is 9.97. The minimum Gasteiger partial charge on any atom is -0.454 e. The molecule has 0 aliphatic carbocycles. The van der Waals surface area contributed by atoms with E-state index < -0.39 is 19.9 Å². The van der Waals surface area contributed by atoms with Crippen molar-refractivity contribution in [2.24, 2.45) is 5.92 Å². The number of aromatic nitrogens is 1. The summed E-state index contributed by atoms with van der Waals surface area (Å²) in [4.78, 5) is 17.2. The van der Waals surface area contributed by atoms with Crippen molar-refractivity contribution in [1.29, 1.82) is 0 Å². The number of anilines is 1. The van der Waals surface area contributed by atoms with E-state index in [9.17, 15) is 21.6 Å². The van der Waals surface area contributed by atoms with Gasteiger partial charge in [-0.25, -0.2) is 21.8 Å². The van der Waals surface area contributed by atoms with E-state index in [2.05, 4.69) is 10.3 Å². The first-order valence-electron chi connectivity index (χ1n) is 11.2. The van der Waals surface area contributed by atoms with Crippen molar-refractivity contribution >= 4 is 53.2 Å². The summed E-state index contributed by atoms with van der Waals surface area (Å²) in [6.45, 7) is 0.317. The zero-order valence-electron chi connectivity index (χ0n) is 19.2.